The Labute approximate surface area is 181 Å². The van der Waals surface area contributed by atoms with Crippen LogP contribution in [0.5, 0.6) is 11.5 Å². The smallest absolute Gasteiger partial charge is 0.416 e. The number of ether oxygens (including phenoxy) is 2. The fourth-order valence-corrected chi connectivity index (χ4v) is 2.36. The molecular weight excluding hydrogens is 469 g/mol. The highest BCUT2D eigenvalue weighted by atomic mass is 19.4. The first-order valence-electron chi connectivity index (χ1n) is 8.93. The topological polar surface area (TPSA) is 90.7 Å². The van der Waals surface area contributed by atoms with Crippen LogP contribution in [0.15, 0.2) is 42.5 Å². The number of halogens is 7. The van der Waals surface area contributed by atoms with Crippen LogP contribution in [0.2, 0.25) is 0 Å². The number of anilines is 1. The van der Waals surface area contributed by atoms with Crippen molar-refractivity contribution in [2.75, 3.05) is 25.2 Å². The number of para-hydroxylation sites is 2. The minimum absolute atomic E-state index is 0.167. The summed E-state index contributed by atoms with van der Waals surface area (Å²) in [5.74, 6) is -6.06. The second kappa shape index (κ2) is 10.4. The van der Waals surface area contributed by atoms with Crippen LogP contribution >= 0.6 is 0 Å². The lowest BCUT2D eigenvalue weighted by molar-refractivity contribution is -0.386. The minimum Gasteiger partial charge on any atom is -0.485 e. The predicted octanol–water partition coefficient (Wildman–Crippen LogP) is 4.95. The monoisotopic (exact) mass is 484 g/mol. The molecule has 0 aliphatic heterocycles. The highest BCUT2D eigenvalue weighted by molar-refractivity contribution is 5.93. The van der Waals surface area contributed by atoms with Gasteiger partial charge in [-0.25, -0.2) is 8.78 Å². The highest BCUT2D eigenvalue weighted by Gasteiger charge is 2.41. The van der Waals surface area contributed by atoms with Crippen molar-refractivity contribution < 1.29 is 49.9 Å². The van der Waals surface area contributed by atoms with Crippen molar-refractivity contribution in [3.63, 3.8) is 0 Å². The molecule has 2 rings (SSSR count). The number of amides is 1. The number of nitro benzene ring substituents is 1. The summed E-state index contributed by atoms with van der Waals surface area (Å²) in [5, 5.41) is 13.2. The molecule has 0 saturated heterocycles. The van der Waals surface area contributed by atoms with E-state index < -0.39 is 66.0 Å². The highest BCUT2D eigenvalue weighted by Crippen LogP contribution is 2.36. The van der Waals surface area contributed by atoms with Crippen LogP contribution < -0.4 is 14.8 Å². The fraction of sp³-hybridized carbons (Fsp3) is 0.316. The van der Waals surface area contributed by atoms with Crippen LogP contribution in [0.3, 0.4) is 0 Å². The van der Waals surface area contributed by atoms with E-state index >= 15 is 0 Å². The molecule has 2 aromatic carbocycles. The molecule has 0 radical (unpaired) electrons. The number of carbonyl (C=O) groups excluding carboxylic acids is 1. The lowest BCUT2D eigenvalue weighted by atomic mass is 10.2. The van der Waals surface area contributed by atoms with Gasteiger partial charge in [-0.3, -0.25) is 14.9 Å². The second-order valence-electron chi connectivity index (χ2n) is 6.44. The molecule has 0 fully saturated rings. The van der Waals surface area contributed by atoms with Gasteiger partial charge in [0, 0.05) is 6.07 Å². The van der Waals surface area contributed by atoms with Crippen molar-refractivity contribution in [2.45, 2.75) is 18.3 Å². The SMILES string of the molecule is O=C(COc1ccc(C(F)(F)F)cc1[N+](=O)[O-])Nc1ccccc1OCC(F)(F)[C@@H](F)CF. The Hall–Kier alpha value is -3.58. The first-order chi connectivity index (χ1) is 15.3. The van der Waals surface area contributed by atoms with Crippen molar-refractivity contribution in [2.24, 2.45) is 0 Å². The minimum atomic E-state index is -4.84. The summed E-state index contributed by atoms with van der Waals surface area (Å²) in [5.41, 5.74) is -2.49. The second-order valence-corrected chi connectivity index (χ2v) is 6.44. The standard InChI is InChI=1S/C19H15F7N2O5/c20-8-16(21)18(22,23)10-33-14-4-2-1-3-12(14)27-17(29)9-32-15-6-5-11(19(24,25)26)7-13(15)28(30)31/h1-7,16H,8-10H2,(H,27,29)/t16-/m0/s1. The van der Waals surface area contributed by atoms with Gasteiger partial charge in [0.1, 0.15) is 12.4 Å². The van der Waals surface area contributed by atoms with E-state index in [1.165, 1.54) is 18.2 Å². The van der Waals surface area contributed by atoms with Gasteiger partial charge in [-0.15, -0.1) is 0 Å². The largest absolute Gasteiger partial charge is 0.485 e. The Morgan fingerprint density at radius 3 is 2.33 bits per heavy atom. The average molecular weight is 484 g/mol. The van der Waals surface area contributed by atoms with Gasteiger partial charge in [-0.1, -0.05) is 12.1 Å². The number of nitrogens with one attached hydrogen (secondary N) is 1. The van der Waals surface area contributed by atoms with Gasteiger partial charge in [0.2, 0.25) is 0 Å². The Balaban J connectivity index is 2.07. The lowest BCUT2D eigenvalue weighted by Crippen LogP contribution is -2.38. The molecule has 1 N–H and O–H groups in total. The number of alkyl halides is 7. The molecule has 0 spiro atoms. The summed E-state index contributed by atoms with van der Waals surface area (Å²) in [6, 6.07) is 6.52. The first kappa shape index (κ1) is 25.7. The zero-order valence-electron chi connectivity index (χ0n) is 16.4. The van der Waals surface area contributed by atoms with E-state index in [0.29, 0.717) is 12.1 Å². The quantitative estimate of drug-likeness (QED) is 0.293. The molecule has 1 atom stereocenters. The van der Waals surface area contributed by atoms with Crippen LogP contribution in [0.4, 0.5) is 42.1 Å². The molecule has 0 aliphatic carbocycles. The fourth-order valence-electron chi connectivity index (χ4n) is 2.36. The van der Waals surface area contributed by atoms with Gasteiger partial charge in [-0.2, -0.15) is 22.0 Å². The molecule has 33 heavy (non-hydrogen) atoms. The van der Waals surface area contributed by atoms with Crippen LogP contribution in [-0.4, -0.2) is 42.8 Å². The van der Waals surface area contributed by atoms with Gasteiger partial charge < -0.3 is 14.8 Å². The van der Waals surface area contributed by atoms with E-state index in [2.05, 4.69) is 5.32 Å². The number of hydrogen-bond acceptors (Lipinski definition) is 5. The van der Waals surface area contributed by atoms with Crippen LogP contribution in [-0.2, 0) is 11.0 Å². The molecule has 14 heteroatoms. The zero-order valence-corrected chi connectivity index (χ0v) is 16.4. The van der Waals surface area contributed by atoms with E-state index in [4.69, 9.17) is 9.47 Å². The summed E-state index contributed by atoms with van der Waals surface area (Å²) in [6.45, 7) is -4.35. The Morgan fingerprint density at radius 2 is 1.73 bits per heavy atom. The van der Waals surface area contributed by atoms with Gasteiger partial charge in [0.05, 0.1) is 16.2 Å². The van der Waals surface area contributed by atoms with Crippen molar-refractivity contribution in [1.82, 2.24) is 0 Å². The van der Waals surface area contributed by atoms with Gasteiger partial charge in [-0.05, 0) is 24.3 Å². The molecule has 0 unspecified atom stereocenters. The number of nitrogens with zero attached hydrogens (tertiary/aromatic N) is 1. The number of benzene rings is 2. The van der Waals surface area contributed by atoms with E-state index in [1.807, 2.05) is 0 Å². The molecule has 7 nitrogen and oxygen atoms in total. The van der Waals surface area contributed by atoms with Gasteiger partial charge in [0.15, 0.2) is 25.1 Å². The Kier molecular flexibility index (Phi) is 8.06. The van der Waals surface area contributed by atoms with Crippen molar-refractivity contribution >= 4 is 17.3 Å². The summed E-state index contributed by atoms with van der Waals surface area (Å²) in [7, 11) is 0. The molecule has 0 aromatic heterocycles. The number of nitro groups is 1. The molecule has 0 bridgehead atoms. The van der Waals surface area contributed by atoms with E-state index in [1.54, 1.807) is 0 Å². The zero-order chi connectivity index (χ0) is 24.8. The maximum Gasteiger partial charge on any atom is 0.416 e. The molecule has 2 aromatic rings. The number of rotatable bonds is 10. The van der Waals surface area contributed by atoms with E-state index in [9.17, 15) is 45.6 Å². The Bertz CT molecular complexity index is 1000. The van der Waals surface area contributed by atoms with E-state index in [0.717, 1.165) is 6.07 Å². The Morgan fingerprint density at radius 1 is 1.06 bits per heavy atom. The van der Waals surface area contributed by atoms with Crippen LogP contribution in [0.25, 0.3) is 0 Å². The summed E-state index contributed by atoms with van der Waals surface area (Å²) < 4.78 is 99.9. The third-order valence-corrected chi connectivity index (χ3v) is 4.02. The molecule has 180 valence electrons. The average Bonchev–Trinajstić information content (AvgIpc) is 2.75. The third-order valence-electron chi connectivity index (χ3n) is 4.02. The van der Waals surface area contributed by atoms with E-state index in [-0.39, 0.29) is 17.5 Å². The lowest BCUT2D eigenvalue weighted by Gasteiger charge is -2.20. The van der Waals surface area contributed by atoms with Crippen LogP contribution in [0, 0.1) is 10.1 Å². The number of hydrogen-bond donors (Lipinski definition) is 1. The molecular formula is C19H15F7N2O5. The van der Waals surface area contributed by atoms with Gasteiger partial charge >= 0.3 is 17.8 Å². The number of carbonyl (C=O) groups is 1. The third kappa shape index (κ3) is 6.95. The molecule has 0 aliphatic rings. The van der Waals surface area contributed by atoms with Crippen molar-refractivity contribution in [1.29, 1.82) is 0 Å². The van der Waals surface area contributed by atoms with Crippen LogP contribution in [0.1, 0.15) is 5.56 Å². The summed E-state index contributed by atoms with van der Waals surface area (Å²) >= 11 is 0. The normalized spacial score (nSPS) is 12.7. The maximum atomic E-state index is 13.4. The molecule has 0 heterocycles. The first-order valence-corrected chi connectivity index (χ1v) is 8.93. The summed E-state index contributed by atoms with van der Waals surface area (Å²) in [6.07, 6.45) is -7.93. The predicted molar refractivity (Wildman–Crippen MR) is 100.0 cm³/mol. The van der Waals surface area contributed by atoms with Crippen molar-refractivity contribution in [3.05, 3.63) is 58.1 Å². The summed E-state index contributed by atoms with van der Waals surface area (Å²) in [4.78, 5) is 22.0. The molecule has 1 amide bonds. The maximum absolute atomic E-state index is 13.4. The molecule has 0 saturated carbocycles. The van der Waals surface area contributed by atoms with Gasteiger partial charge in [0.25, 0.3) is 5.91 Å². The van der Waals surface area contributed by atoms with Crippen molar-refractivity contribution in [3.8, 4) is 11.5 Å².